The molecule has 148 valence electrons. The molecule has 0 radical (unpaired) electrons. The topological polar surface area (TPSA) is 90.6 Å². The SMILES string of the molecule is CC(=NNC(=O)c1ccc(CSc2nncn2C)cc1)c1ccc2c(c1)OCO2. The Labute approximate surface area is 171 Å². The number of thioether (sulfide) groups is 1. The van der Waals surface area contributed by atoms with Crippen LogP contribution < -0.4 is 14.9 Å². The zero-order valence-electron chi connectivity index (χ0n) is 16.0. The molecule has 1 aromatic heterocycles. The number of nitrogens with one attached hydrogen (secondary N) is 1. The summed E-state index contributed by atoms with van der Waals surface area (Å²) in [5, 5.41) is 12.9. The molecule has 0 unspecified atom stereocenters. The van der Waals surface area contributed by atoms with Crippen LogP contribution in [0.25, 0.3) is 0 Å². The lowest BCUT2D eigenvalue weighted by Crippen LogP contribution is -2.19. The summed E-state index contributed by atoms with van der Waals surface area (Å²) in [6.07, 6.45) is 1.67. The summed E-state index contributed by atoms with van der Waals surface area (Å²) in [7, 11) is 1.90. The molecule has 9 heteroatoms. The van der Waals surface area contributed by atoms with Crippen LogP contribution in [0.15, 0.2) is 59.0 Å². The second kappa shape index (κ2) is 8.36. The third-order valence-corrected chi connectivity index (χ3v) is 5.47. The number of amides is 1. The predicted molar refractivity (Wildman–Crippen MR) is 109 cm³/mol. The fourth-order valence-corrected chi connectivity index (χ4v) is 3.53. The number of rotatable bonds is 6. The molecular weight excluding hydrogens is 390 g/mol. The van der Waals surface area contributed by atoms with Gasteiger partial charge in [-0.25, -0.2) is 5.43 Å². The molecule has 8 nitrogen and oxygen atoms in total. The summed E-state index contributed by atoms with van der Waals surface area (Å²) >= 11 is 1.59. The van der Waals surface area contributed by atoms with Crippen LogP contribution in [-0.4, -0.2) is 33.2 Å². The van der Waals surface area contributed by atoms with Crippen molar-refractivity contribution >= 4 is 23.4 Å². The normalized spacial score (nSPS) is 12.8. The van der Waals surface area contributed by atoms with Crippen molar-refractivity contribution in [2.45, 2.75) is 17.8 Å². The van der Waals surface area contributed by atoms with Gasteiger partial charge in [-0.3, -0.25) is 4.79 Å². The van der Waals surface area contributed by atoms with E-state index in [4.69, 9.17) is 9.47 Å². The number of aryl methyl sites for hydroxylation is 1. The highest BCUT2D eigenvalue weighted by atomic mass is 32.2. The molecule has 0 aliphatic carbocycles. The van der Waals surface area contributed by atoms with Gasteiger partial charge in [0.25, 0.3) is 5.91 Å². The Bertz CT molecular complexity index is 1060. The van der Waals surface area contributed by atoms with Crippen LogP contribution in [0.1, 0.15) is 28.4 Å². The van der Waals surface area contributed by atoms with E-state index in [1.807, 2.05) is 48.9 Å². The largest absolute Gasteiger partial charge is 0.454 e. The van der Waals surface area contributed by atoms with Crippen molar-refractivity contribution < 1.29 is 14.3 Å². The standard InChI is InChI=1S/C20H19N5O3S/c1-13(16-7-8-17-18(9-16)28-12-27-17)22-23-19(26)15-5-3-14(4-6-15)10-29-20-24-21-11-25(20)2/h3-9,11H,10,12H2,1-2H3,(H,23,26). The van der Waals surface area contributed by atoms with Gasteiger partial charge < -0.3 is 14.0 Å². The maximum Gasteiger partial charge on any atom is 0.271 e. The van der Waals surface area contributed by atoms with Crippen molar-refractivity contribution in [2.24, 2.45) is 12.1 Å². The average molecular weight is 409 g/mol. The van der Waals surface area contributed by atoms with Gasteiger partial charge >= 0.3 is 0 Å². The fourth-order valence-electron chi connectivity index (χ4n) is 2.69. The van der Waals surface area contributed by atoms with E-state index in [-0.39, 0.29) is 12.7 Å². The van der Waals surface area contributed by atoms with Gasteiger partial charge in [-0.15, -0.1) is 10.2 Å². The van der Waals surface area contributed by atoms with Crippen LogP contribution in [0.3, 0.4) is 0 Å². The van der Waals surface area contributed by atoms with Crippen molar-refractivity contribution in [1.82, 2.24) is 20.2 Å². The second-order valence-corrected chi connectivity index (χ2v) is 7.36. The highest BCUT2D eigenvalue weighted by molar-refractivity contribution is 7.98. The molecule has 2 heterocycles. The molecule has 1 N–H and O–H groups in total. The number of nitrogens with zero attached hydrogens (tertiary/aromatic N) is 4. The van der Waals surface area contributed by atoms with Gasteiger partial charge in [0.15, 0.2) is 16.7 Å². The summed E-state index contributed by atoms with van der Waals surface area (Å²) in [6, 6.07) is 13.0. The van der Waals surface area contributed by atoms with E-state index in [2.05, 4.69) is 20.7 Å². The van der Waals surface area contributed by atoms with Crippen molar-refractivity contribution in [2.75, 3.05) is 6.79 Å². The Morgan fingerprint density at radius 2 is 1.93 bits per heavy atom. The Balaban J connectivity index is 1.35. The molecule has 0 saturated carbocycles. The average Bonchev–Trinajstić information content (AvgIpc) is 3.38. The maximum absolute atomic E-state index is 12.4. The van der Waals surface area contributed by atoms with Gasteiger partial charge in [0, 0.05) is 23.9 Å². The lowest BCUT2D eigenvalue weighted by atomic mass is 10.1. The van der Waals surface area contributed by atoms with Gasteiger partial charge in [-0.1, -0.05) is 23.9 Å². The Hall–Kier alpha value is -3.33. The van der Waals surface area contributed by atoms with Gasteiger partial charge in [0.2, 0.25) is 6.79 Å². The number of hydrazone groups is 1. The van der Waals surface area contributed by atoms with Gasteiger partial charge in [-0.2, -0.15) is 5.10 Å². The Kier molecular flexibility index (Phi) is 5.48. The van der Waals surface area contributed by atoms with E-state index in [1.165, 1.54) is 0 Å². The number of fused-ring (bicyclic) bond motifs is 1. The second-order valence-electron chi connectivity index (χ2n) is 6.42. The van der Waals surface area contributed by atoms with Gasteiger partial charge in [0.05, 0.1) is 5.71 Å². The minimum absolute atomic E-state index is 0.221. The number of benzene rings is 2. The van der Waals surface area contributed by atoms with Crippen molar-refractivity contribution in [3.63, 3.8) is 0 Å². The highest BCUT2D eigenvalue weighted by Crippen LogP contribution is 2.32. The number of hydrogen-bond donors (Lipinski definition) is 1. The third-order valence-electron chi connectivity index (χ3n) is 4.37. The maximum atomic E-state index is 12.4. The molecule has 1 aliphatic heterocycles. The summed E-state index contributed by atoms with van der Waals surface area (Å²) in [6.45, 7) is 2.05. The van der Waals surface area contributed by atoms with Gasteiger partial charge in [-0.05, 0) is 42.8 Å². The van der Waals surface area contributed by atoms with Crippen LogP contribution in [-0.2, 0) is 12.8 Å². The zero-order chi connectivity index (χ0) is 20.2. The van der Waals surface area contributed by atoms with Crippen LogP contribution in [0.5, 0.6) is 11.5 Å². The molecule has 0 saturated heterocycles. The molecule has 3 aromatic rings. The van der Waals surface area contributed by atoms with Crippen molar-refractivity contribution in [3.8, 4) is 11.5 Å². The monoisotopic (exact) mass is 409 g/mol. The van der Waals surface area contributed by atoms with Crippen molar-refractivity contribution in [3.05, 3.63) is 65.5 Å². The van der Waals surface area contributed by atoms with Crippen molar-refractivity contribution in [1.29, 1.82) is 0 Å². The zero-order valence-corrected chi connectivity index (χ0v) is 16.8. The van der Waals surface area contributed by atoms with E-state index in [9.17, 15) is 4.79 Å². The lowest BCUT2D eigenvalue weighted by molar-refractivity contribution is 0.0955. The summed E-state index contributed by atoms with van der Waals surface area (Å²) in [4.78, 5) is 12.4. The summed E-state index contributed by atoms with van der Waals surface area (Å²) in [5.41, 5.74) is 5.76. The number of aromatic nitrogens is 3. The molecule has 0 fully saturated rings. The van der Waals surface area contributed by atoms with E-state index >= 15 is 0 Å². The first-order valence-corrected chi connectivity index (χ1v) is 9.89. The van der Waals surface area contributed by atoms with Crippen LogP contribution in [0.2, 0.25) is 0 Å². The van der Waals surface area contributed by atoms with Crippen LogP contribution >= 0.6 is 11.8 Å². The number of carbonyl (C=O) groups is 1. The molecule has 0 bridgehead atoms. The molecular formula is C20H19N5O3S. The smallest absolute Gasteiger partial charge is 0.271 e. The van der Waals surface area contributed by atoms with Crippen LogP contribution in [0, 0.1) is 0 Å². The minimum atomic E-state index is -0.266. The Morgan fingerprint density at radius 1 is 1.17 bits per heavy atom. The molecule has 0 atom stereocenters. The predicted octanol–water partition coefficient (Wildman–Crippen LogP) is 2.99. The molecule has 1 amide bonds. The molecule has 0 spiro atoms. The summed E-state index contributed by atoms with van der Waals surface area (Å²) < 4.78 is 12.5. The first-order valence-electron chi connectivity index (χ1n) is 8.90. The van der Waals surface area contributed by atoms with E-state index in [0.29, 0.717) is 22.8 Å². The molecule has 1 aliphatic rings. The van der Waals surface area contributed by atoms with E-state index < -0.39 is 0 Å². The molecule has 2 aromatic carbocycles. The van der Waals surface area contributed by atoms with E-state index in [1.54, 1.807) is 30.2 Å². The third kappa shape index (κ3) is 4.40. The number of ether oxygens (including phenoxy) is 2. The van der Waals surface area contributed by atoms with Crippen LogP contribution in [0.4, 0.5) is 0 Å². The molecule has 29 heavy (non-hydrogen) atoms. The van der Waals surface area contributed by atoms with E-state index in [0.717, 1.165) is 22.0 Å². The first-order chi connectivity index (χ1) is 14.1. The highest BCUT2D eigenvalue weighted by Gasteiger charge is 2.14. The number of carbonyl (C=O) groups excluding carboxylic acids is 1. The summed E-state index contributed by atoms with van der Waals surface area (Å²) in [5.74, 6) is 1.87. The minimum Gasteiger partial charge on any atom is -0.454 e. The first kappa shape index (κ1) is 19.0. The quantitative estimate of drug-likeness (QED) is 0.382. The lowest BCUT2D eigenvalue weighted by Gasteiger charge is -2.05. The Morgan fingerprint density at radius 3 is 2.69 bits per heavy atom. The number of hydrogen-bond acceptors (Lipinski definition) is 7. The molecule has 4 rings (SSSR count). The van der Waals surface area contributed by atoms with Gasteiger partial charge in [0.1, 0.15) is 6.33 Å². The fraction of sp³-hybridized carbons (Fsp3) is 0.200.